The standard InChI is InChI=1S/C10H14N2O2/c1-2-4-7-10(14)12-6-3-5-8(12)9(13)11-7/h2,7-8H,1,3-6H2,(H,11,13)/t7-,8+/m1/s1. The first-order valence-corrected chi connectivity index (χ1v) is 4.96. The van der Waals surface area contributed by atoms with Gasteiger partial charge in [0.05, 0.1) is 0 Å². The highest BCUT2D eigenvalue weighted by molar-refractivity contribution is 5.97. The van der Waals surface area contributed by atoms with Gasteiger partial charge in [-0.15, -0.1) is 6.58 Å². The average molecular weight is 194 g/mol. The summed E-state index contributed by atoms with van der Waals surface area (Å²) in [6.07, 6.45) is 3.93. The number of nitrogens with zero attached hydrogens (tertiary/aromatic N) is 1. The average Bonchev–Trinajstić information content (AvgIpc) is 2.63. The highest BCUT2D eigenvalue weighted by Gasteiger charge is 2.42. The normalized spacial score (nSPS) is 31.3. The summed E-state index contributed by atoms with van der Waals surface area (Å²) in [6.45, 7) is 4.30. The molecule has 14 heavy (non-hydrogen) atoms. The summed E-state index contributed by atoms with van der Waals surface area (Å²) in [5, 5.41) is 2.74. The molecule has 2 saturated heterocycles. The van der Waals surface area contributed by atoms with Crippen molar-refractivity contribution >= 4 is 11.8 Å². The second kappa shape index (κ2) is 3.44. The molecule has 0 aromatic carbocycles. The molecule has 0 radical (unpaired) electrons. The molecule has 0 aromatic rings. The lowest BCUT2D eigenvalue weighted by molar-refractivity contribution is -0.146. The minimum Gasteiger partial charge on any atom is -0.342 e. The van der Waals surface area contributed by atoms with Gasteiger partial charge in [-0.25, -0.2) is 0 Å². The lowest BCUT2D eigenvalue weighted by atomic mass is 10.1. The summed E-state index contributed by atoms with van der Waals surface area (Å²) in [5.74, 6) is 0.0425. The van der Waals surface area contributed by atoms with Crippen LogP contribution in [0.25, 0.3) is 0 Å². The molecule has 1 N–H and O–H groups in total. The zero-order chi connectivity index (χ0) is 10.1. The largest absolute Gasteiger partial charge is 0.342 e. The molecule has 2 heterocycles. The first-order valence-electron chi connectivity index (χ1n) is 4.96. The molecular weight excluding hydrogens is 180 g/mol. The minimum atomic E-state index is -0.380. The third kappa shape index (κ3) is 1.31. The number of hydrogen-bond donors (Lipinski definition) is 1. The van der Waals surface area contributed by atoms with Crippen molar-refractivity contribution in [2.45, 2.75) is 31.3 Å². The smallest absolute Gasteiger partial charge is 0.246 e. The van der Waals surface area contributed by atoms with Gasteiger partial charge >= 0.3 is 0 Å². The second-order valence-corrected chi connectivity index (χ2v) is 3.78. The van der Waals surface area contributed by atoms with Gasteiger partial charge in [-0.2, -0.15) is 0 Å². The molecule has 0 unspecified atom stereocenters. The van der Waals surface area contributed by atoms with Gasteiger partial charge in [0.15, 0.2) is 0 Å². The van der Waals surface area contributed by atoms with E-state index < -0.39 is 0 Å². The van der Waals surface area contributed by atoms with Crippen molar-refractivity contribution in [3.05, 3.63) is 12.7 Å². The Morgan fingerprint density at radius 3 is 3.07 bits per heavy atom. The Bertz CT molecular complexity index is 288. The van der Waals surface area contributed by atoms with Crippen LogP contribution in [0.5, 0.6) is 0 Å². The summed E-state index contributed by atoms with van der Waals surface area (Å²) in [6, 6.07) is -0.585. The predicted molar refractivity (Wildman–Crippen MR) is 51.5 cm³/mol. The maximum Gasteiger partial charge on any atom is 0.246 e. The fourth-order valence-corrected chi connectivity index (χ4v) is 2.16. The molecule has 2 amide bonds. The van der Waals surface area contributed by atoms with E-state index in [0.717, 1.165) is 19.4 Å². The highest BCUT2D eigenvalue weighted by Crippen LogP contribution is 2.22. The summed E-state index contributed by atoms with van der Waals surface area (Å²) >= 11 is 0. The SMILES string of the molecule is C=CC[C@H]1NC(=O)[C@@H]2CCCN2C1=O. The van der Waals surface area contributed by atoms with E-state index in [-0.39, 0.29) is 23.9 Å². The molecule has 76 valence electrons. The van der Waals surface area contributed by atoms with Crippen LogP contribution in [0.2, 0.25) is 0 Å². The summed E-state index contributed by atoms with van der Waals surface area (Å²) < 4.78 is 0. The van der Waals surface area contributed by atoms with E-state index in [9.17, 15) is 9.59 Å². The van der Waals surface area contributed by atoms with E-state index in [1.54, 1.807) is 11.0 Å². The molecule has 2 aliphatic heterocycles. The van der Waals surface area contributed by atoms with Crippen LogP contribution >= 0.6 is 0 Å². The van der Waals surface area contributed by atoms with Crippen LogP contribution in [0.3, 0.4) is 0 Å². The maximum atomic E-state index is 11.8. The Labute approximate surface area is 83.0 Å². The molecule has 4 heteroatoms. The van der Waals surface area contributed by atoms with E-state index in [0.29, 0.717) is 6.42 Å². The fourth-order valence-electron chi connectivity index (χ4n) is 2.16. The Hall–Kier alpha value is -1.32. The lowest BCUT2D eigenvalue weighted by Gasteiger charge is -2.34. The molecule has 0 bridgehead atoms. The van der Waals surface area contributed by atoms with E-state index >= 15 is 0 Å². The molecular formula is C10H14N2O2. The van der Waals surface area contributed by atoms with Crippen LogP contribution in [-0.4, -0.2) is 35.3 Å². The fraction of sp³-hybridized carbons (Fsp3) is 0.600. The van der Waals surface area contributed by atoms with Crippen molar-refractivity contribution in [2.75, 3.05) is 6.54 Å². The molecule has 0 spiro atoms. The van der Waals surface area contributed by atoms with Crippen molar-refractivity contribution in [1.29, 1.82) is 0 Å². The quantitative estimate of drug-likeness (QED) is 0.631. The number of rotatable bonds is 2. The van der Waals surface area contributed by atoms with Gasteiger partial charge in [0.25, 0.3) is 0 Å². The zero-order valence-electron chi connectivity index (χ0n) is 8.03. The Kier molecular flexibility index (Phi) is 2.27. The number of nitrogens with one attached hydrogen (secondary N) is 1. The van der Waals surface area contributed by atoms with Crippen molar-refractivity contribution in [1.82, 2.24) is 10.2 Å². The first kappa shape index (κ1) is 9.24. The van der Waals surface area contributed by atoms with Gasteiger partial charge in [0.1, 0.15) is 12.1 Å². The number of amides is 2. The van der Waals surface area contributed by atoms with Gasteiger partial charge in [-0.3, -0.25) is 9.59 Å². The molecule has 0 saturated carbocycles. The summed E-state index contributed by atoms with van der Waals surface area (Å²) in [7, 11) is 0. The first-order chi connectivity index (χ1) is 6.74. The second-order valence-electron chi connectivity index (χ2n) is 3.78. The minimum absolute atomic E-state index is 0.00560. The van der Waals surface area contributed by atoms with E-state index in [4.69, 9.17) is 0 Å². The molecule has 2 atom stereocenters. The van der Waals surface area contributed by atoms with Crippen LogP contribution in [0.1, 0.15) is 19.3 Å². The topological polar surface area (TPSA) is 49.4 Å². The van der Waals surface area contributed by atoms with Crippen LogP contribution in [0, 0.1) is 0 Å². The third-order valence-electron chi connectivity index (χ3n) is 2.86. The lowest BCUT2D eigenvalue weighted by Crippen LogP contribution is -2.60. The molecule has 4 nitrogen and oxygen atoms in total. The van der Waals surface area contributed by atoms with E-state index in [1.165, 1.54) is 0 Å². The number of carbonyl (C=O) groups excluding carboxylic acids is 2. The zero-order valence-corrected chi connectivity index (χ0v) is 8.03. The molecule has 0 aliphatic carbocycles. The van der Waals surface area contributed by atoms with Crippen molar-refractivity contribution in [3.63, 3.8) is 0 Å². The number of piperazine rings is 1. The summed E-state index contributed by atoms with van der Waals surface area (Å²) in [5.41, 5.74) is 0. The third-order valence-corrected chi connectivity index (χ3v) is 2.86. The predicted octanol–water partition coefficient (Wildman–Crippen LogP) is 0.0519. The summed E-state index contributed by atoms with van der Waals surface area (Å²) in [4.78, 5) is 25.1. The van der Waals surface area contributed by atoms with Crippen molar-refractivity contribution in [3.8, 4) is 0 Å². The van der Waals surface area contributed by atoms with Crippen LogP contribution < -0.4 is 5.32 Å². The Morgan fingerprint density at radius 1 is 1.57 bits per heavy atom. The number of carbonyl (C=O) groups is 2. The molecule has 0 aromatic heterocycles. The van der Waals surface area contributed by atoms with Crippen LogP contribution in [0.15, 0.2) is 12.7 Å². The van der Waals surface area contributed by atoms with E-state index in [2.05, 4.69) is 11.9 Å². The van der Waals surface area contributed by atoms with Crippen molar-refractivity contribution < 1.29 is 9.59 Å². The molecule has 2 fully saturated rings. The van der Waals surface area contributed by atoms with E-state index in [1.807, 2.05) is 0 Å². The van der Waals surface area contributed by atoms with Gasteiger partial charge in [-0.1, -0.05) is 6.08 Å². The Balaban J connectivity index is 2.16. The van der Waals surface area contributed by atoms with Gasteiger partial charge < -0.3 is 10.2 Å². The van der Waals surface area contributed by atoms with Crippen molar-refractivity contribution in [2.24, 2.45) is 0 Å². The number of hydrogen-bond acceptors (Lipinski definition) is 2. The van der Waals surface area contributed by atoms with Gasteiger partial charge in [0, 0.05) is 6.54 Å². The number of fused-ring (bicyclic) bond motifs is 1. The maximum absolute atomic E-state index is 11.8. The van der Waals surface area contributed by atoms with Gasteiger partial charge in [-0.05, 0) is 19.3 Å². The Morgan fingerprint density at radius 2 is 2.36 bits per heavy atom. The highest BCUT2D eigenvalue weighted by atomic mass is 16.2. The van der Waals surface area contributed by atoms with Gasteiger partial charge in [0.2, 0.25) is 11.8 Å². The van der Waals surface area contributed by atoms with Crippen LogP contribution in [-0.2, 0) is 9.59 Å². The molecule has 2 aliphatic rings. The van der Waals surface area contributed by atoms with Crippen LogP contribution in [0.4, 0.5) is 0 Å². The monoisotopic (exact) mass is 194 g/mol. The molecule has 2 rings (SSSR count).